The number of carbonyl (C=O) groups excluding carboxylic acids is 1. The number of benzene rings is 2. The van der Waals surface area contributed by atoms with Crippen molar-refractivity contribution < 1.29 is 22.7 Å². The van der Waals surface area contributed by atoms with Gasteiger partial charge in [-0.05, 0) is 43.7 Å². The summed E-state index contributed by atoms with van der Waals surface area (Å²) in [4.78, 5) is 12.5. The van der Waals surface area contributed by atoms with Crippen molar-refractivity contribution in [3.63, 3.8) is 0 Å². The molecule has 0 saturated heterocycles. The SMILES string of the molecule is Cc1ccc(OCCNC(=O)[C@H]2CN(S(C)(=O)=O)c3cc(Cl)ccc3O2)c(C)c1. The molecule has 1 N–H and O–H groups in total. The summed E-state index contributed by atoms with van der Waals surface area (Å²) in [7, 11) is -3.60. The fraction of sp³-hybridized carbons (Fsp3) is 0.350. The van der Waals surface area contributed by atoms with Crippen molar-refractivity contribution in [3.8, 4) is 11.5 Å². The Morgan fingerprint density at radius 3 is 2.72 bits per heavy atom. The molecule has 0 aliphatic carbocycles. The molecule has 1 aliphatic heterocycles. The molecule has 2 aromatic rings. The molecule has 1 heterocycles. The van der Waals surface area contributed by atoms with Crippen molar-refractivity contribution in [1.82, 2.24) is 5.32 Å². The highest BCUT2D eigenvalue weighted by molar-refractivity contribution is 7.92. The fourth-order valence-corrected chi connectivity index (χ4v) is 4.16. The van der Waals surface area contributed by atoms with Gasteiger partial charge in [0.05, 0.1) is 25.0 Å². The van der Waals surface area contributed by atoms with Gasteiger partial charge in [0, 0.05) is 5.02 Å². The molecule has 0 spiro atoms. The molecule has 1 aliphatic rings. The van der Waals surface area contributed by atoms with Crippen LogP contribution < -0.4 is 19.1 Å². The number of nitrogens with one attached hydrogen (secondary N) is 1. The van der Waals surface area contributed by atoms with Gasteiger partial charge in [-0.25, -0.2) is 8.42 Å². The maximum atomic E-state index is 12.5. The first-order chi connectivity index (χ1) is 13.6. The second-order valence-corrected chi connectivity index (χ2v) is 9.26. The van der Waals surface area contributed by atoms with Crippen molar-refractivity contribution in [3.05, 3.63) is 52.5 Å². The molecule has 2 aromatic carbocycles. The van der Waals surface area contributed by atoms with E-state index in [1.165, 1.54) is 6.07 Å². The van der Waals surface area contributed by atoms with Crippen LogP contribution in [-0.4, -0.2) is 46.4 Å². The lowest BCUT2D eigenvalue weighted by Gasteiger charge is -2.34. The molecule has 0 unspecified atom stereocenters. The Morgan fingerprint density at radius 2 is 2.03 bits per heavy atom. The number of halogens is 1. The van der Waals surface area contributed by atoms with E-state index in [1.807, 2.05) is 32.0 Å². The molecule has 1 amide bonds. The van der Waals surface area contributed by atoms with E-state index in [4.69, 9.17) is 21.1 Å². The number of aryl methyl sites for hydroxylation is 2. The molecule has 156 valence electrons. The second kappa shape index (κ2) is 8.51. The van der Waals surface area contributed by atoms with Gasteiger partial charge < -0.3 is 14.8 Å². The van der Waals surface area contributed by atoms with Gasteiger partial charge >= 0.3 is 0 Å². The summed E-state index contributed by atoms with van der Waals surface area (Å²) in [6.45, 7) is 4.38. The van der Waals surface area contributed by atoms with E-state index in [-0.39, 0.29) is 25.4 Å². The monoisotopic (exact) mass is 438 g/mol. The number of nitrogens with zero attached hydrogens (tertiary/aromatic N) is 1. The summed E-state index contributed by atoms with van der Waals surface area (Å²) in [5.41, 5.74) is 2.49. The first-order valence-electron chi connectivity index (χ1n) is 9.07. The molecule has 0 aromatic heterocycles. The lowest BCUT2D eigenvalue weighted by molar-refractivity contribution is -0.127. The third-order valence-corrected chi connectivity index (χ3v) is 5.85. The van der Waals surface area contributed by atoms with Crippen LogP contribution in [0, 0.1) is 13.8 Å². The number of rotatable bonds is 6. The Kier molecular flexibility index (Phi) is 6.24. The molecule has 3 rings (SSSR count). The van der Waals surface area contributed by atoms with Gasteiger partial charge in [-0.1, -0.05) is 29.3 Å². The summed E-state index contributed by atoms with van der Waals surface area (Å²) < 4.78 is 36.9. The Hall–Kier alpha value is -2.45. The summed E-state index contributed by atoms with van der Waals surface area (Å²) in [6.07, 6.45) is 0.106. The van der Waals surface area contributed by atoms with Crippen molar-refractivity contribution in [2.45, 2.75) is 20.0 Å². The van der Waals surface area contributed by atoms with Crippen LogP contribution in [0.3, 0.4) is 0 Å². The Bertz CT molecular complexity index is 1030. The van der Waals surface area contributed by atoms with E-state index in [0.717, 1.165) is 27.4 Å². The minimum Gasteiger partial charge on any atom is -0.491 e. The smallest absolute Gasteiger partial charge is 0.263 e. The van der Waals surface area contributed by atoms with Crippen LogP contribution in [0.25, 0.3) is 0 Å². The van der Waals surface area contributed by atoms with E-state index >= 15 is 0 Å². The lowest BCUT2D eigenvalue weighted by Crippen LogP contribution is -2.51. The van der Waals surface area contributed by atoms with E-state index in [2.05, 4.69) is 5.32 Å². The molecule has 1 atom stereocenters. The van der Waals surface area contributed by atoms with Crippen LogP contribution in [0.2, 0.25) is 5.02 Å². The van der Waals surface area contributed by atoms with E-state index in [1.54, 1.807) is 12.1 Å². The quantitative estimate of drug-likeness (QED) is 0.701. The second-order valence-electron chi connectivity index (χ2n) is 6.92. The van der Waals surface area contributed by atoms with Gasteiger partial charge in [-0.3, -0.25) is 9.10 Å². The summed E-state index contributed by atoms with van der Waals surface area (Å²) in [6, 6.07) is 10.5. The van der Waals surface area contributed by atoms with E-state index in [0.29, 0.717) is 10.7 Å². The van der Waals surface area contributed by atoms with Gasteiger partial charge in [0.25, 0.3) is 5.91 Å². The summed E-state index contributed by atoms with van der Waals surface area (Å²) >= 11 is 5.98. The topological polar surface area (TPSA) is 84.9 Å². The standard InChI is InChI=1S/C20H23ClN2O5S/c1-13-4-6-17(14(2)10-13)27-9-8-22-20(24)19-12-23(29(3,25)26)16-11-15(21)5-7-18(16)28-19/h4-7,10-11,19H,8-9,12H2,1-3H3,(H,22,24)/t19-/m1/s1. The number of anilines is 1. The number of amides is 1. The maximum Gasteiger partial charge on any atom is 0.263 e. The Balaban J connectivity index is 1.61. The predicted octanol–water partition coefficient (Wildman–Crippen LogP) is 2.68. The number of ether oxygens (including phenoxy) is 2. The van der Waals surface area contributed by atoms with Gasteiger partial charge in [0.1, 0.15) is 18.1 Å². The van der Waals surface area contributed by atoms with Crippen molar-refractivity contribution >= 4 is 33.2 Å². The average Bonchev–Trinajstić information content (AvgIpc) is 2.64. The van der Waals surface area contributed by atoms with Crippen LogP contribution in [0.15, 0.2) is 36.4 Å². The molecule has 0 saturated carbocycles. The average molecular weight is 439 g/mol. The van der Waals surface area contributed by atoms with Crippen molar-refractivity contribution in [1.29, 1.82) is 0 Å². The number of carbonyl (C=O) groups is 1. The number of fused-ring (bicyclic) bond motifs is 1. The highest BCUT2D eigenvalue weighted by Crippen LogP contribution is 2.37. The normalized spacial score (nSPS) is 16.0. The Morgan fingerprint density at radius 1 is 1.28 bits per heavy atom. The number of hydrogen-bond acceptors (Lipinski definition) is 5. The zero-order valence-electron chi connectivity index (χ0n) is 16.4. The van der Waals surface area contributed by atoms with Gasteiger partial charge in [0.2, 0.25) is 10.0 Å². The van der Waals surface area contributed by atoms with Crippen LogP contribution in [0.5, 0.6) is 11.5 Å². The van der Waals surface area contributed by atoms with Crippen LogP contribution in [-0.2, 0) is 14.8 Å². The molecule has 0 fully saturated rings. The molecule has 0 bridgehead atoms. The van der Waals surface area contributed by atoms with E-state index in [9.17, 15) is 13.2 Å². The molecule has 0 radical (unpaired) electrons. The number of sulfonamides is 1. The van der Waals surface area contributed by atoms with Gasteiger partial charge in [-0.15, -0.1) is 0 Å². The van der Waals surface area contributed by atoms with Crippen LogP contribution in [0.4, 0.5) is 5.69 Å². The van der Waals surface area contributed by atoms with Gasteiger partial charge in [0.15, 0.2) is 6.10 Å². The van der Waals surface area contributed by atoms with Gasteiger partial charge in [-0.2, -0.15) is 0 Å². The minimum absolute atomic E-state index is 0.129. The lowest BCUT2D eigenvalue weighted by atomic mass is 10.1. The van der Waals surface area contributed by atoms with Crippen molar-refractivity contribution in [2.75, 3.05) is 30.3 Å². The molecule has 7 nitrogen and oxygen atoms in total. The largest absolute Gasteiger partial charge is 0.491 e. The number of hydrogen-bond donors (Lipinski definition) is 1. The maximum absolute atomic E-state index is 12.5. The summed E-state index contributed by atoms with van der Waals surface area (Å²) in [5, 5.41) is 3.11. The first kappa shape index (κ1) is 21.3. The minimum atomic E-state index is -3.60. The molecular formula is C20H23ClN2O5S. The third-order valence-electron chi connectivity index (χ3n) is 4.47. The first-order valence-corrected chi connectivity index (χ1v) is 11.3. The van der Waals surface area contributed by atoms with Crippen LogP contribution in [0.1, 0.15) is 11.1 Å². The molecular weight excluding hydrogens is 416 g/mol. The van der Waals surface area contributed by atoms with Crippen molar-refractivity contribution in [2.24, 2.45) is 0 Å². The zero-order valence-corrected chi connectivity index (χ0v) is 18.0. The fourth-order valence-electron chi connectivity index (χ4n) is 3.09. The Labute approximate surface area is 175 Å². The third kappa shape index (κ3) is 5.13. The van der Waals surface area contributed by atoms with E-state index < -0.39 is 22.0 Å². The summed E-state index contributed by atoms with van der Waals surface area (Å²) in [5.74, 6) is 0.633. The molecule has 29 heavy (non-hydrogen) atoms. The zero-order chi connectivity index (χ0) is 21.2. The molecule has 9 heteroatoms. The predicted molar refractivity (Wildman–Crippen MR) is 112 cm³/mol. The van der Waals surface area contributed by atoms with Crippen LogP contribution >= 0.6 is 11.6 Å². The highest BCUT2D eigenvalue weighted by Gasteiger charge is 2.35. The highest BCUT2D eigenvalue weighted by atomic mass is 35.5.